The maximum absolute atomic E-state index is 11.0. The molecule has 0 spiro atoms. The number of aromatic carboxylic acids is 1. The van der Waals surface area contributed by atoms with Gasteiger partial charge in [0, 0.05) is 12.5 Å². The Bertz CT molecular complexity index is 692. The lowest BCUT2D eigenvalue weighted by Gasteiger charge is -2.18. The minimum atomic E-state index is -0.918. The third-order valence-electron chi connectivity index (χ3n) is 4.03. The van der Waals surface area contributed by atoms with Crippen LogP contribution in [0.4, 0.5) is 0 Å². The third-order valence-corrected chi connectivity index (χ3v) is 4.03. The van der Waals surface area contributed by atoms with Crippen LogP contribution in [0.5, 0.6) is 0 Å². The van der Waals surface area contributed by atoms with E-state index in [-0.39, 0.29) is 12.0 Å². The van der Waals surface area contributed by atoms with Crippen LogP contribution in [-0.4, -0.2) is 21.2 Å². The number of nitrogens with one attached hydrogen (secondary N) is 1. The smallest absolute Gasteiger partial charge is 0.335 e. The second-order valence-corrected chi connectivity index (χ2v) is 6.37. The number of aromatic nitrogens is 2. The van der Waals surface area contributed by atoms with Crippen molar-refractivity contribution in [2.75, 3.05) is 0 Å². The van der Waals surface area contributed by atoms with Crippen LogP contribution in [0, 0.1) is 5.92 Å². The average molecular weight is 315 g/mol. The highest BCUT2D eigenvalue weighted by molar-refractivity contribution is 5.87. The summed E-state index contributed by atoms with van der Waals surface area (Å²) in [4.78, 5) is 15.6. The fourth-order valence-electron chi connectivity index (χ4n) is 2.53. The lowest BCUT2D eigenvalue weighted by Crippen LogP contribution is -2.25. The summed E-state index contributed by atoms with van der Waals surface area (Å²) in [6.45, 7) is 4.73. The van der Waals surface area contributed by atoms with E-state index in [2.05, 4.69) is 29.3 Å². The molecule has 1 aliphatic carbocycles. The zero-order valence-corrected chi connectivity index (χ0v) is 13.3. The molecule has 1 aliphatic rings. The van der Waals surface area contributed by atoms with Gasteiger partial charge in [0.05, 0.1) is 11.6 Å². The molecule has 0 radical (unpaired) electrons. The predicted molar refractivity (Wildman–Crippen MR) is 84.1 cm³/mol. The number of rotatable bonds is 7. The van der Waals surface area contributed by atoms with Gasteiger partial charge in [-0.15, -0.1) is 0 Å². The highest BCUT2D eigenvalue weighted by Crippen LogP contribution is 2.38. The Kier molecular flexibility index (Phi) is 4.43. The van der Waals surface area contributed by atoms with E-state index < -0.39 is 5.97 Å². The first-order valence-electron chi connectivity index (χ1n) is 7.93. The Labute approximate surface area is 134 Å². The van der Waals surface area contributed by atoms with Crippen molar-refractivity contribution in [3.8, 4) is 0 Å². The van der Waals surface area contributed by atoms with Crippen LogP contribution in [0.2, 0.25) is 0 Å². The zero-order chi connectivity index (χ0) is 16.4. The summed E-state index contributed by atoms with van der Waals surface area (Å²) >= 11 is 0. The fourth-order valence-corrected chi connectivity index (χ4v) is 2.53. The second kappa shape index (κ2) is 6.50. The highest BCUT2D eigenvalue weighted by Gasteiger charge is 2.31. The van der Waals surface area contributed by atoms with Crippen LogP contribution >= 0.6 is 0 Å². The first-order chi connectivity index (χ1) is 11.0. The van der Waals surface area contributed by atoms with Gasteiger partial charge in [-0.2, -0.15) is 4.98 Å². The summed E-state index contributed by atoms with van der Waals surface area (Å²) in [6.07, 6.45) is 2.28. The van der Waals surface area contributed by atoms with Gasteiger partial charge in [-0.25, -0.2) is 4.79 Å². The van der Waals surface area contributed by atoms with Crippen molar-refractivity contribution >= 4 is 5.97 Å². The number of hydrogen-bond acceptors (Lipinski definition) is 5. The minimum absolute atomic E-state index is 0.0523. The van der Waals surface area contributed by atoms with Crippen molar-refractivity contribution in [2.24, 2.45) is 5.92 Å². The molecule has 0 saturated heterocycles. The number of nitrogens with zero attached hydrogens (tertiary/aromatic N) is 2. The van der Waals surface area contributed by atoms with E-state index in [1.807, 2.05) is 6.07 Å². The number of hydrogen-bond donors (Lipinski definition) is 2. The molecule has 1 aromatic heterocycles. The van der Waals surface area contributed by atoms with Crippen molar-refractivity contribution < 1.29 is 14.4 Å². The van der Waals surface area contributed by atoms with E-state index in [1.165, 1.54) is 0 Å². The quantitative estimate of drug-likeness (QED) is 0.816. The maximum atomic E-state index is 11.0. The lowest BCUT2D eigenvalue weighted by atomic mass is 10.0. The van der Waals surface area contributed by atoms with E-state index in [4.69, 9.17) is 9.63 Å². The zero-order valence-electron chi connectivity index (χ0n) is 13.3. The fraction of sp³-hybridized carbons (Fsp3) is 0.471. The molecule has 2 aromatic rings. The summed E-state index contributed by atoms with van der Waals surface area (Å²) in [7, 11) is 0. The number of benzene rings is 1. The summed E-state index contributed by atoms with van der Waals surface area (Å²) in [5.41, 5.74) is 1.21. The molecule has 1 fully saturated rings. The van der Waals surface area contributed by atoms with E-state index >= 15 is 0 Å². The van der Waals surface area contributed by atoms with Gasteiger partial charge < -0.3 is 14.9 Å². The third kappa shape index (κ3) is 3.76. The van der Waals surface area contributed by atoms with Crippen LogP contribution in [-0.2, 0) is 6.54 Å². The van der Waals surface area contributed by atoms with Gasteiger partial charge in [-0.3, -0.25) is 0 Å². The van der Waals surface area contributed by atoms with E-state index in [0.717, 1.165) is 24.2 Å². The normalized spacial score (nSPS) is 15.8. The predicted octanol–water partition coefficient (Wildman–Crippen LogP) is 3.13. The molecule has 0 bridgehead atoms. The molecule has 1 saturated carbocycles. The van der Waals surface area contributed by atoms with Crippen LogP contribution in [0.25, 0.3) is 0 Å². The monoisotopic (exact) mass is 315 g/mol. The van der Waals surface area contributed by atoms with Crippen molar-refractivity contribution in [3.05, 3.63) is 47.1 Å². The van der Waals surface area contributed by atoms with Crippen LogP contribution < -0.4 is 5.32 Å². The molecular weight excluding hydrogens is 294 g/mol. The van der Waals surface area contributed by atoms with Gasteiger partial charge in [-0.05, 0) is 36.5 Å². The highest BCUT2D eigenvalue weighted by atomic mass is 16.5. The van der Waals surface area contributed by atoms with Gasteiger partial charge >= 0.3 is 5.97 Å². The lowest BCUT2D eigenvalue weighted by molar-refractivity contribution is 0.0696. The van der Waals surface area contributed by atoms with Gasteiger partial charge in [-0.1, -0.05) is 31.1 Å². The molecule has 122 valence electrons. The molecule has 1 unspecified atom stereocenters. The Morgan fingerprint density at radius 2 is 2.22 bits per heavy atom. The SMILES string of the molecule is CC(C)C(NCc1cccc(C(=O)O)c1)c1nc(C2CC2)no1. The Morgan fingerprint density at radius 3 is 2.87 bits per heavy atom. The number of carboxylic acid groups (broad SMARTS) is 1. The topological polar surface area (TPSA) is 88.2 Å². The summed E-state index contributed by atoms with van der Waals surface area (Å²) in [5, 5.41) is 16.5. The van der Waals surface area contributed by atoms with Gasteiger partial charge in [0.1, 0.15) is 0 Å². The molecule has 2 N–H and O–H groups in total. The molecule has 23 heavy (non-hydrogen) atoms. The first-order valence-corrected chi connectivity index (χ1v) is 7.93. The number of carboxylic acids is 1. The van der Waals surface area contributed by atoms with Crippen molar-refractivity contribution in [2.45, 2.75) is 45.2 Å². The minimum Gasteiger partial charge on any atom is -0.478 e. The summed E-state index contributed by atoms with van der Waals surface area (Å²) in [5.74, 6) is 1.24. The summed E-state index contributed by atoms with van der Waals surface area (Å²) in [6, 6.07) is 6.87. The largest absolute Gasteiger partial charge is 0.478 e. The van der Waals surface area contributed by atoms with E-state index in [9.17, 15) is 4.79 Å². The van der Waals surface area contributed by atoms with Crippen LogP contribution in [0.1, 0.15) is 66.3 Å². The number of carbonyl (C=O) groups is 1. The van der Waals surface area contributed by atoms with Gasteiger partial charge in [0.2, 0.25) is 5.89 Å². The molecule has 0 amide bonds. The molecule has 0 aliphatic heterocycles. The Morgan fingerprint density at radius 1 is 1.43 bits per heavy atom. The maximum Gasteiger partial charge on any atom is 0.335 e. The molecule has 6 nitrogen and oxygen atoms in total. The molecule has 6 heteroatoms. The van der Waals surface area contributed by atoms with E-state index in [0.29, 0.717) is 23.9 Å². The molecule has 3 rings (SSSR count). The average Bonchev–Trinajstić information content (AvgIpc) is 3.26. The molecular formula is C17H21N3O3. The van der Waals surface area contributed by atoms with Crippen molar-refractivity contribution in [1.82, 2.24) is 15.5 Å². The van der Waals surface area contributed by atoms with E-state index in [1.54, 1.807) is 18.2 Å². The first kappa shape index (κ1) is 15.7. The van der Waals surface area contributed by atoms with Crippen LogP contribution in [0.3, 0.4) is 0 Å². The Hall–Kier alpha value is -2.21. The van der Waals surface area contributed by atoms with Crippen molar-refractivity contribution in [1.29, 1.82) is 0 Å². The van der Waals surface area contributed by atoms with Crippen LogP contribution in [0.15, 0.2) is 28.8 Å². The van der Waals surface area contributed by atoms with Gasteiger partial charge in [0.25, 0.3) is 0 Å². The second-order valence-electron chi connectivity index (χ2n) is 6.37. The molecule has 1 heterocycles. The molecule has 1 aromatic carbocycles. The van der Waals surface area contributed by atoms with Gasteiger partial charge in [0.15, 0.2) is 5.82 Å². The molecule has 1 atom stereocenters. The summed E-state index contributed by atoms with van der Waals surface area (Å²) < 4.78 is 5.42. The van der Waals surface area contributed by atoms with Crippen molar-refractivity contribution in [3.63, 3.8) is 0 Å². The standard InChI is InChI=1S/C17H21N3O3/c1-10(2)14(16-19-15(20-23-16)12-6-7-12)18-9-11-4-3-5-13(8-11)17(21)22/h3-5,8,10,12,14,18H,6-7,9H2,1-2H3,(H,21,22). The Balaban J connectivity index is 1.69.